The molecule has 0 N–H and O–H groups in total. The van der Waals surface area contributed by atoms with Gasteiger partial charge in [0.15, 0.2) is 0 Å². The highest BCUT2D eigenvalue weighted by molar-refractivity contribution is 6.32. The van der Waals surface area contributed by atoms with E-state index in [9.17, 15) is 0 Å². The lowest BCUT2D eigenvalue weighted by atomic mass is 9.96. The van der Waals surface area contributed by atoms with Gasteiger partial charge in [-0.25, -0.2) is 0 Å². The van der Waals surface area contributed by atoms with Crippen LogP contribution in [0.4, 0.5) is 34.1 Å². The molecule has 0 aliphatic carbocycles. The molecule has 10 aromatic carbocycles. The van der Waals surface area contributed by atoms with Crippen molar-refractivity contribution >= 4 is 77.5 Å². The molecule has 0 fully saturated rings. The first-order valence-corrected chi connectivity index (χ1v) is 20.2. The quantitative estimate of drug-likeness (QED) is 0.143. The zero-order valence-corrected chi connectivity index (χ0v) is 32.4. The van der Waals surface area contributed by atoms with Gasteiger partial charge in [0.2, 0.25) is 0 Å². The van der Waals surface area contributed by atoms with Crippen molar-refractivity contribution < 1.29 is 0 Å². The Morgan fingerprint density at radius 3 is 1.17 bits per heavy atom. The van der Waals surface area contributed by atoms with Crippen LogP contribution in [0.5, 0.6) is 0 Å². The van der Waals surface area contributed by atoms with E-state index in [1.165, 1.54) is 43.4 Å². The zero-order chi connectivity index (χ0) is 39.1. The summed E-state index contributed by atoms with van der Waals surface area (Å²) in [7, 11) is 0. The smallest absolute Gasteiger partial charge is 0.0625 e. The summed E-state index contributed by atoms with van der Waals surface area (Å²) >= 11 is 0. The second kappa shape index (κ2) is 14.6. The highest BCUT2D eigenvalue weighted by Crippen LogP contribution is 2.46. The van der Waals surface area contributed by atoms with Crippen molar-refractivity contribution in [1.29, 1.82) is 0 Å². The third kappa shape index (κ3) is 6.00. The van der Waals surface area contributed by atoms with Crippen LogP contribution in [0, 0.1) is 0 Å². The van der Waals surface area contributed by atoms with Gasteiger partial charge in [0.05, 0.1) is 11.0 Å². The highest BCUT2D eigenvalue weighted by Gasteiger charge is 2.22. The third-order valence-corrected chi connectivity index (χ3v) is 11.5. The molecule has 0 aliphatic rings. The second-order valence-electron chi connectivity index (χ2n) is 15.0. The van der Waals surface area contributed by atoms with Crippen LogP contribution in [0.1, 0.15) is 0 Å². The standard InChI is InChI=1S/C56H39N3/c1-6-20-42(21-7-1)57(43-22-8-2-9-23-43)47-36-41(37-48(39-47)58(44-24-10-3-11-25-44)45-26-12-4-13-27-45)40-34-35-53-54(38-40)59(46-28-14-5-15-29-46)56-52-33-19-17-31-50(52)49-30-16-18-32-51(49)55(53)56/h1-39H. The van der Waals surface area contributed by atoms with Gasteiger partial charge in [0.1, 0.15) is 0 Å². The minimum atomic E-state index is 1.06. The molecule has 59 heavy (non-hydrogen) atoms. The number of nitrogens with zero attached hydrogens (tertiary/aromatic N) is 3. The maximum atomic E-state index is 2.48. The van der Waals surface area contributed by atoms with Crippen LogP contribution in [0.25, 0.3) is 60.2 Å². The number of anilines is 6. The molecule has 11 aromatic rings. The molecular weight excluding hydrogens is 715 g/mol. The average Bonchev–Trinajstić information content (AvgIpc) is 3.66. The largest absolute Gasteiger partial charge is 0.310 e. The monoisotopic (exact) mass is 753 g/mol. The molecule has 0 bridgehead atoms. The van der Waals surface area contributed by atoms with Gasteiger partial charge < -0.3 is 14.4 Å². The number of aromatic nitrogens is 1. The normalized spacial score (nSPS) is 11.4. The fraction of sp³-hybridized carbons (Fsp3) is 0. The van der Waals surface area contributed by atoms with E-state index in [0.29, 0.717) is 0 Å². The Morgan fingerprint density at radius 2 is 0.678 bits per heavy atom. The van der Waals surface area contributed by atoms with E-state index in [1.807, 2.05) is 0 Å². The van der Waals surface area contributed by atoms with Gasteiger partial charge in [0, 0.05) is 56.0 Å². The first kappa shape index (κ1) is 34.4. The predicted molar refractivity (Wildman–Crippen MR) is 251 cm³/mol. The van der Waals surface area contributed by atoms with Crippen molar-refractivity contribution in [2.45, 2.75) is 0 Å². The third-order valence-electron chi connectivity index (χ3n) is 11.5. The fourth-order valence-electron chi connectivity index (χ4n) is 8.92. The van der Waals surface area contributed by atoms with Gasteiger partial charge in [-0.05, 0) is 112 Å². The van der Waals surface area contributed by atoms with Gasteiger partial charge in [-0.15, -0.1) is 0 Å². The molecule has 3 heteroatoms. The van der Waals surface area contributed by atoms with Crippen LogP contribution in [0.3, 0.4) is 0 Å². The molecule has 278 valence electrons. The molecule has 1 aromatic heterocycles. The first-order chi connectivity index (χ1) is 29.3. The van der Waals surface area contributed by atoms with Gasteiger partial charge in [0.25, 0.3) is 0 Å². The molecule has 0 atom stereocenters. The van der Waals surface area contributed by atoms with Crippen LogP contribution >= 0.6 is 0 Å². The number of hydrogen-bond donors (Lipinski definition) is 0. The maximum Gasteiger partial charge on any atom is 0.0625 e. The van der Waals surface area contributed by atoms with E-state index in [-0.39, 0.29) is 0 Å². The molecule has 0 spiro atoms. The van der Waals surface area contributed by atoms with E-state index in [1.54, 1.807) is 0 Å². The second-order valence-corrected chi connectivity index (χ2v) is 15.0. The fourth-order valence-corrected chi connectivity index (χ4v) is 8.92. The summed E-state index contributed by atoms with van der Waals surface area (Å²) in [6, 6.07) is 85.3. The van der Waals surface area contributed by atoms with Crippen molar-refractivity contribution in [3.63, 3.8) is 0 Å². The van der Waals surface area contributed by atoms with Gasteiger partial charge in [-0.1, -0.05) is 152 Å². The summed E-state index contributed by atoms with van der Waals surface area (Å²) in [6.07, 6.45) is 0. The predicted octanol–water partition coefficient (Wildman–Crippen LogP) is 15.7. The number of benzene rings is 10. The summed E-state index contributed by atoms with van der Waals surface area (Å²) in [5, 5.41) is 7.55. The Kier molecular flexibility index (Phi) is 8.49. The zero-order valence-electron chi connectivity index (χ0n) is 32.4. The van der Waals surface area contributed by atoms with Crippen molar-refractivity contribution in [1.82, 2.24) is 4.57 Å². The van der Waals surface area contributed by atoms with Crippen molar-refractivity contribution in [2.24, 2.45) is 0 Å². The van der Waals surface area contributed by atoms with Crippen molar-refractivity contribution in [3.05, 3.63) is 237 Å². The molecule has 0 radical (unpaired) electrons. The minimum absolute atomic E-state index is 1.06. The van der Waals surface area contributed by atoms with Crippen LogP contribution in [-0.2, 0) is 0 Å². The molecule has 3 nitrogen and oxygen atoms in total. The number of rotatable bonds is 8. The molecule has 0 saturated heterocycles. The van der Waals surface area contributed by atoms with Crippen LogP contribution in [0.2, 0.25) is 0 Å². The van der Waals surface area contributed by atoms with Gasteiger partial charge in [-0.3, -0.25) is 0 Å². The summed E-state index contributed by atoms with van der Waals surface area (Å²) in [5.41, 5.74) is 12.3. The molecule has 1 heterocycles. The molecule has 0 unspecified atom stereocenters. The van der Waals surface area contributed by atoms with Crippen LogP contribution in [-0.4, -0.2) is 4.57 Å². The lowest BCUT2D eigenvalue weighted by molar-refractivity contribution is 1.19. The summed E-state index contributed by atoms with van der Waals surface area (Å²) in [6.45, 7) is 0. The molecule has 11 rings (SSSR count). The summed E-state index contributed by atoms with van der Waals surface area (Å²) < 4.78 is 2.48. The molecular formula is C56H39N3. The molecule has 0 saturated carbocycles. The molecule has 0 amide bonds. The number of para-hydroxylation sites is 5. The lowest BCUT2D eigenvalue weighted by Gasteiger charge is -2.30. The Labute approximate surface area is 343 Å². The van der Waals surface area contributed by atoms with Crippen molar-refractivity contribution in [2.75, 3.05) is 9.80 Å². The Bertz CT molecular complexity index is 3070. The Balaban J connectivity index is 1.23. The molecule has 0 aliphatic heterocycles. The average molecular weight is 754 g/mol. The lowest BCUT2D eigenvalue weighted by Crippen LogP contribution is -2.13. The topological polar surface area (TPSA) is 11.4 Å². The Morgan fingerprint density at radius 1 is 0.271 bits per heavy atom. The summed E-state index contributed by atoms with van der Waals surface area (Å²) in [4.78, 5) is 4.72. The van der Waals surface area contributed by atoms with E-state index in [0.717, 1.165) is 50.9 Å². The van der Waals surface area contributed by atoms with E-state index >= 15 is 0 Å². The van der Waals surface area contributed by atoms with Gasteiger partial charge in [-0.2, -0.15) is 0 Å². The number of hydrogen-bond acceptors (Lipinski definition) is 2. The maximum absolute atomic E-state index is 2.48. The minimum Gasteiger partial charge on any atom is -0.310 e. The van der Waals surface area contributed by atoms with Gasteiger partial charge >= 0.3 is 0 Å². The van der Waals surface area contributed by atoms with Crippen LogP contribution in [0.15, 0.2) is 237 Å². The van der Waals surface area contributed by atoms with E-state index in [2.05, 4.69) is 251 Å². The Hall–Kier alpha value is -7.88. The first-order valence-electron chi connectivity index (χ1n) is 20.2. The number of fused-ring (bicyclic) bond motifs is 8. The van der Waals surface area contributed by atoms with E-state index in [4.69, 9.17) is 0 Å². The summed E-state index contributed by atoms with van der Waals surface area (Å²) in [5.74, 6) is 0. The SMILES string of the molecule is c1ccc(N(c2ccccc2)c2cc(-c3ccc4c5c6ccccc6c6ccccc6c5n(-c5ccccc5)c4c3)cc(N(c3ccccc3)c3ccccc3)c2)cc1. The van der Waals surface area contributed by atoms with Crippen molar-refractivity contribution in [3.8, 4) is 16.8 Å². The van der Waals surface area contributed by atoms with Crippen LogP contribution < -0.4 is 9.80 Å². The van der Waals surface area contributed by atoms with E-state index < -0.39 is 0 Å². The highest BCUT2D eigenvalue weighted by atomic mass is 15.2.